The molecule has 0 heterocycles. The lowest BCUT2D eigenvalue weighted by Crippen LogP contribution is -2.42. The van der Waals surface area contributed by atoms with E-state index in [1.165, 1.54) is 0 Å². The van der Waals surface area contributed by atoms with Gasteiger partial charge in [0.15, 0.2) is 0 Å². The number of fused-ring (bicyclic) bond motifs is 1. The van der Waals surface area contributed by atoms with Crippen molar-refractivity contribution in [3.8, 4) is 0 Å². The number of hydrogen-bond donors (Lipinski definition) is 2. The van der Waals surface area contributed by atoms with Crippen LogP contribution in [0, 0.1) is 6.92 Å². The summed E-state index contributed by atoms with van der Waals surface area (Å²) in [7, 11) is 0. The average Bonchev–Trinajstić information content (AvgIpc) is 2.47. The second-order valence-electron chi connectivity index (χ2n) is 3.88. The fourth-order valence-corrected chi connectivity index (χ4v) is 2.13. The minimum absolute atomic E-state index is 0.502. The van der Waals surface area contributed by atoms with Gasteiger partial charge in [-0.1, -0.05) is 18.2 Å². The number of hydrogen-bond acceptors (Lipinski definition) is 2. The highest BCUT2D eigenvalue weighted by atomic mass is 16.4. The Bertz CT molecular complexity index is 400. The summed E-state index contributed by atoms with van der Waals surface area (Å²) in [6.07, 6.45) is 1.27. The Morgan fingerprint density at radius 2 is 2.29 bits per heavy atom. The minimum atomic E-state index is -1.17. The fraction of sp³-hybridized carbons (Fsp3) is 0.364. The molecule has 0 aromatic heterocycles. The maximum absolute atomic E-state index is 11.1. The summed E-state index contributed by atoms with van der Waals surface area (Å²) < 4.78 is 0. The van der Waals surface area contributed by atoms with Crippen molar-refractivity contribution in [2.45, 2.75) is 25.3 Å². The van der Waals surface area contributed by atoms with Crippen molar-refractivity contribution >= 4 is 5.97 Å². The number of carbonyl (C=O) groups is 1. The maximum Gasteiger partial charge on any atom is 0.328 e. The molecular weight excluding hydrogens is 178 g/mol. The van der Waals surface area contributed by atoms with Crippen LogP contribution in [0.5, 0.6) is 0 Å². The first-order valence-corrected chi connectivity index (χ1v) is 4.67. The predicted octanol–water partition coefficient (Wildman–Crippen LogP) is 1.18. The van der Waals surface area contributed by atoms with Gasteiger partial charge in [0.1, 0.15) is 5.54 Å². The van der Waals surface area contributed by atoms with E-state index in [1.54, 1.807) is 0 Å². The molecule has 1 aliphatic carbocycles. The van der Waals surface area contributed by atoms with Gasteiger partial charge in [0.05, 0.1) is 0 Å². The Morgan fingerprint density at radius 3 is 2.93 bits per heavy atom. The highest BCUT2D eigenvalue weighted by molar-refractivity contribution is 5.82. The summed E-state index contributed by atoms with van der Waals surface area (Å²) in [5.74, 6) is -0.929. The summed E-state index contributed by atoms with van der Waals surface area (Å²) in [6.45, 7) is 1.99. The molecule has 0 unspecified atom stereocenters. The molecule has 0 aliphatic heterocycles. The number of nitrogens with two attached hydrogens (primary N) is 1. The van der Waals surface area contributed by atoms with E-state index >= 15 is 0 Å². The van der Waals surface area contributed by atoms with E-state index in [4.69, 9.17) is 10.8 Å². The zero-order chi connectivity index (χ0) is 10.3. The zero-order valence-corrected chi connectivity index (χ0v) is 8.08. The Morgan fingerprint density at radius 1 is 1.57 bits per heavy atom. The molecule has 0 amide bonds. The molecule has 2 rings (SSSR count). The molecule has 1 aliphatic rings. The van der Waals surface area contributed by atoms with Gasteiger partial charge in [-0.3, -0.25) is 0 Å². The molecule has 3 nitrogen and oxygen atoms in total. The number of benzene rings is 1. The molecule has 1 aromatic carbocycles. The van der Waals surface area contributed by atoms with Crippen LogP contribution in [0.25, 0.3) is 0 Å². The van der Waals surface area contributed by atoms with Crippen LogP contribution in [0.15, 0.2) is 18.2 Å². The van der Waals surface area contributed by atoms with Crippen LogP contribution in [-0.2, 0) is 16.8 Å². The van der Waals surface area contributed by atoms with Crippen molar-refractivity contribution in [3.05, 3.63) is 34.9 Å². The lowest BCUT2D eigenvalue weighted by Gasteiger charge is -2.19. The largest absolute Gasteiger partial charge is 0.480 e. The normalized spacial score (nSPS) is 24.7. The lowest BCUT2D eigenvalue weighted by molar-refractivity contribution is -0.143. The summed E-state index contributed by atoms with van der Waals surface area (Å²) in [5, 5.41) is 9.09. The van der Waals surface area contributed by atoms with Gasteiger partial charge in [0.2, 0.25) is 0 Å². The van der Waals surface area contributed by atoms with Crippen molar-refractivity contribution in [1.82, 2.24) is 0 Å². The number of carboxylic acids is 1. The van der Waals surface area contributed by atoms with Gasteiger partial charge in [0.25, 0.3) is 0 Å². The van der Waals surface area contributed by atoms with E-state index in [9.17, 15) is 4.79 Å². The standard InChI is InChI=1S/C11H13NO2/c1-7-3-2-4-9-8(7)5-6-11(9,12)10(13)14/h2-4H,5-6,12H2,1H3,(H,13,14)/t11-/m1/s1. The quantitative estimate of drug-likeness (QED) is 0.700. The molecule has 1 aromatic rings. The first-order valence-electron chi connectivity index (χ1n) is 4.67. The molecule has 3 heteroatoms. The minimum Gasteiger partial charge on any atom is -0.480 e. The third kappa shape index (κ3) is 1.06. The van der Waals surface area contributed by atoms with Crippen LogP contribution in [-0.4, -0.2) is 11.1 Å². The van der Waals surface area contributed by atoms with Crippen LogP contribution in [0.4, 0.5) is 0 Å². The van der Waals surface area contributed by atoms with Crippen molar-refractivity contribution in [1.29, 1.82) is 0 Å². The molecular formula is C11H13NO2. The average molecular weight is 191 g/mol. The van der Waals surface area contributed by atoms with Gasteiger partial charge in [-0.2, -0.15) is 0 Å². The third-order valence-corrected chi connectivity index (χ3v) is 3.04. The van der Waals surface area contributed by atoms with Crippen LogP contribution in [0.2, 0.25) is 0 Å². The Labute approximate surface area is 82.5 Å². The summed E-state index contributed by atoms with van der Waals surface area (Å²) in [6, 6.07) is 5.68. The van der Waals surface area contributed by atoms with Gasteiger partial charge in [-0.25, -0.2) is 4.79 Å². The Hall–Kier alpha value is -1.35. The van der Waals surface area contributed by atoms with E-state index in [-0.39, 0.29) is 0 Å². The molecule has 3 N–H and O–H groups in total. The number of aliphatic carboxylic acids is 1. The van der Waals surface area contributed by atoms with Crippen LogP contribution < -0.4 is 5.73 Å². The van der Waals surface area contributed by atoms with E-state index in [1.807, 2.05) is 25.1 Å². The van der Waals surface area contributed by atoms with Gasteiger partial charge in [0, 0.05) is 0 Å². The zero-order valence-electron chi connectivity index (χ0n) is 8.08. The third-order valence-electron chi connectivity index (χ3n) is 3.04. The molecule has 1 atom stereocenters. The molecule has 0 saturated carbocycles. The molecule has 0 fully saturated rings. The van der Waals surface area contributed by atoms with E-state index in [2.05, 4.69) is 0 Å². The summed E-state index contributed by atoms with van der Waals surface area (Å²) in [5.41, 5.74) is 7.74. The molecule has 0 spiro atoms. The molecule has 74 valence electrons. The first kappa shape index (κ1) is 9.21. The molecule has 0 saturated heterocycles. The van der Waals surface area contributed by atoms with Crippen molar-refractivity contribution in [2.24, 2.45) is 5.73 Å². The van der Waals surface area contributed by atoms with Crippen LogP contribution in [0.1, 0.15) is 23.1 Å². The molecule has 0 radical (unpaired) electrons. The Kier molecular flexibility index (Phi) is 1.86. The fourth-order valence-electron chi connectivity index (χ4n) is 2.13. The van der Waals surface area contributed by atoms with Crippen LogP contribution >= 0.6 is 0 Å². The Balaban J connectivity index is 2.60. The monoisotopic (exact) mass is 191 g/mol. The van der Waals surface area contributed by atoms with Crippen molar-refractivity contribution in [3.63, 3.8) is 0 Å². The number of aryl methyl sites for hydroxylation is 1. The smallest absolute Gasteiger partial charge is 0.328 e. The summed E-state index contributed by atoms with van der Waals surface area (Å²) in [4.78, 5) is 11.1. The second kappa shape index (κ2) is 2.82. The SMILES string of the molecule is Cc1cccc2c1CC[C@]2(N)C(=O)O. The first-order chi connectivity index (χ1) is 6.55. The van der Waals surface area contributed by atoms with E-state index in [0.717, 1.165) is 23.1 Å². The van der Waals surface area contributed by atoms with Gasteiger partial charge >= 0.3 is 5.97 Å². The molecule has 0 bridgehead atoms. The highest BCUT2D eigenvalue weighted by Gasteiger charge is 2.42. The predicted molar refractivity (Wildman–Crippen MR) is 53.0 cm³/mol. The topological polar surface area (TPSA) is 63.3 Å². The van der Waals surface area contributed by atoms with Crippen molar-refractivity contribution < 1.29 is 9.90 Å². The van der Waals surface area contributed by atoms with Crippen LogP contribution in [0.3, 0.4) is 0 Å². The van der Waals surface area contributed by atoms with E-state index < -0.39 is 11.5 Å². The van der Waals surface area contributed by atoms with Gasteiger partial charge in [-0.15, -0.1) is 0 Å². The van der Waals surface area contributed by atoms with Gasteiger partial charge in [-0.05, 0) is 36.5 Å². The second-order valence-corrected chi connectivity index (χ2v) is 3.88. The van der Waals surface area contributed by atoms with Crippen molar-refractivity contribution in [2.75, 3.05) is 0 Å². The maximum atomic E-state index is 11.1. The number of carboxylic acid groups (broad SMARTS) is 1. The van der Waals surface area contributed by atoms with Gasteiger partial charge < -0.3 is 10.8 Å². The lowest BCUT2D eigenvalue weighted by atomic mass is 9.92. The number of rotatable bonds is 1. The summed E-state index contributed by atoms with van der Waals surface area (Å²) >= 11 is 0. The van der Waals surface area contributed by atoms with E-state index in [0.29, 0.717) is 6.42 Å². The molecule has 14 heavy (non-hydrogen) atoms. The highest BCUT2D eigenvalue weighted by Crippen LogP contribution is 2.36.